The molecule has 1 rings (SSSR count). The van der Waals surface area contributed by atoms with Crippen molar-refractivity contribution >= 4 is 5.69 Å². The van der Waals surface area contributed by atoms with Crippen molar-refractivity contribution in [1.82, 2.24) is 0 Å². The van der Waals surface area contributed by atoms with Crippen LogP contribution in [0.3, 0.4) is 0 Å². The molecule has 1 aromatic rings. The highest BCUT2D eigenvalue weighted by atomic mass is 16.5. The second kappa shape index (κ2) is 2.83. The maximum absolute atomic E-state index is 8.29. The van der Waals surface area contributed by atoms with E-state index in [4.69, 9.17) is 10.1 Å². The largest absolute Gasteiger partial charge is 0.497 e. The summed E-state index contributed by atoms with van der Waals surface area (Å²) < 4.78 is 4.89. The van der Waals surface area contributed by atoms with Gasteiger partial charge in [-0.25, -0.2) is 0 Å². The fraction of sp³-hybridized carbons (Fsp3) is 0.143. The van der Waals surface area contributed by atoms with Crippen LogP contribution < -0.4 is 4.74 Å². The lowest BCUT2D eigenvalue weighted by Gasteiger charge is -1.93. The molecule has 0 aliphatic heterocycles. The van der Waals surface area contributed by atoms with Crippen molar-refractivity contribution in [2.45, 2.75) is 0 Å². The zero-order chi connectivity index (χ0) is 7.40. The van der Waals surface area contributed by atoms with Gasteiger partial charge in [-0.3, -0.25) is 0 Å². The molecule has 3 nitrogen and oxygen atoms in total. The first kappa shape index (κ1) is 6.56. The molecule has 0 N–H and O–H groups in total. The Bertz CT molecular complexity index is 247. The van der Waals surface area contributed by atoms with E-state index >= 15 is 0 Å². The van der Waals surface area contributed by atoms with Crippen LogP contribution in [0.2, 0.25) is 0 Å². The van der Waals surface area contributed by atoms with Crippen molar-refractivity contribution in [3.8, 4) is 5.75 Å². The average molecular weight is 135 g/mol. The Morgan fingerprint density at radius 3 is 2.30 bits per heavy atom. The molecule has 0 fully saturated rings. The highest BCUT2D eigenvalue weighted by Gasteiger charge is 2.01. The minimum absolute atomic E-state index is 0.529. The third-order valence-corrected chi connectivity index (χ3v) is 1.19. The van der Waals surface area contributed by atoms with Crippen LogP contribution in [0.1, 0.15) is 0 Å². The molecule has 0 aliphatic carbocycles. The predicted molar refractivity (Wildman–Crippen MR) is 37.7 cm³/mol. The summed E-state index contributed by atoms with van der Waals surface area (Å²) >= 11 is 0. The van der Waals surface area contributed by atoms with E-state index in [9.17, 15) is 0 Å². The molecule has 1 aromatic carbocycles. The lowest BCUT2D eigenvalue weighted by atomic mass is 10.3. The normalized spacial score (nSPS) is 8.40. The summed E-state index contributed by atoms with van der Waals surface area (Å²) in [6.45, 7) is 0. The second-order valence-electron chi connectivity index (χ2n) is 1.80. The summed E-state index contributed by atoms with van der Waals surface area (Å²) in [5.41, 5.74) is 0.529. The van der Waals surface area contributed by atoms with E-state index in [1.54, 1.807) is 31.4 Å². The van der Waals surface area contributed by atoms with Crippen molar-refractivity contribution in [1.29, 1.82) is 5.39 Å². The van der Waals surface area contributed by atoms with Gasteiger partial charge in [0.2, 0.25) is 5.39 Å². The van der Waals surface area contributed by atoms with Gasteiger partial charge in [0.25, 0.3) is 0 Å². The Morgan fingerprint density at radius 1 is 1.30 bits per heavy atom. The standard InChI is InChI=1S/C7H7N2O/c1-10-7-4-2-6(9-8)3-5-7/h2-5H,1H3/q+1. The number of ether oxygens (including phenoxy) is 1. The van der Waals surface area contributed by atoms with Crippen molar-refractivity contribution in [3.05, 3.63) is 29.2 Å². The summed E-state index contributed by atoms with van der Waals surface area (Å²) in [7, 11) is 1.59. The molecule has 0 spiro atoms. The van der Waals surface area contributed by atoms with Crippen LogP contribution in [0.4, 0.5) is 5.69 Å². The molecule has 0 atom stereocenters. The maximum Gasteiger partial charge on any atom is 0.385 e. The molecular formula is C7H7N2O+. The van der Waals surface area contributed by atoms with Gasteiger partial charge in [-0.2, -0.15) is 0 Å². The molecule has 0 aromatic heterocycles. The van der Waals surface area contributed by atoms with E-state index in [0.717, 1.165) is 5.75 Å². The zero-order valence-electron chi connectivity index (χ0n) is 5.61. The molecule has 10 heavy (non-hydrogen) atoms. The predicted octanol–water partition coefficient (Wildman–Crippen LogP) is 2.18. The third-order valence-electron chi connectivity index (χ3n) is 1.19. The van der Waals surface area contributed by atoms with Crippen molar-refractivity contribution < 1.29 is 4.74 Å². The van der Waals surface area contributed by atoms with Gasteiger partial charge < -0.3 is 4.74 Å². The molecule has 0 bridgehead atoms. The molecule has 50 valence electrons. The molecule has 0 saturated heterocycles. The Kier molecular flexibility index (Phi) is 1.86. The van der Waals surface area contributed by atoms with Crippen molar-refractivity contribution in [2.75, 3.05) is 7.11 Å². The van der Waals surface area contributed by atoms with Crippen LogP contribution in [0.25, 0.3) is 4.98 Å². The third kappa shape index (κ3) is 1.23. The molecule has 0 saturated carbocycles. The number of nitrogens with zero attached hydrogens (tertiary/aromatic N) is 2. The highest BCUT2D eigenvalue weighted by molar-refractivity contribution is 5.46. The number of hydrogen-bond donors (Lipinski definition) is 0. The number of diazo groups is 1. The smallest absolute Gasteiger partial charge is 0.385 e. The number of rotatable bonds is 1. The maximum atomic E-state index is 8.29. The van der Waals surface area contributed by atoms with E-state index in [2.05, 4.69) is 4.98 Å². The van der Waals surface area contributed by atoms with Crippen LogP contribution >= 0.6 is 0 Å². The number of hydrogen-bond acceptors (Lipinski definition) is 2. The Hall–Kier alpha value is -1.56. The minimum Gasteiger partial charge on any atom is -0.497 e. The Balaban J connectivity index is 2.93. The lowest BCUT2D eigenvalue weighted by Crippen LogP contribution is -1.79. The topological polar surface area (TPSA) is 37.4 Å². The van der Waals surface area contributed by atoms with Crippen molar-refractivity contribution in [2.24, 2.45) is 0 Å². The monoisotopic (exact) mass is 135 g/mol. The van der Waals surface area contributed by atoms with Crippen LogP contribution in [0, 0.1) is 5.39 Å². The molecule has 0 heterocycles. The fourth-order valence-electron chi connectivity index (χ4n) is 0.649. The average Bonchev–Trinajstić information content (AvgIpc) is 2.05. The molecular weight excluding hydrogens is 128 g/mol. The second-order valence-corrected chi connectivity index (χ2v) is 1.80. The van der Waals surface area contributed by atoms with Gasteiger partial charge in [-0.15, -0.1) is 0 Å². The van der Waals surface area contributed by atoms with Gasteiger partial charge in [-0.05, 0) is 12.1 Å². The SMILES string of the molecule is COc1ccc([N+]#N)cc1. The summed E-state index contributed by atoms with van der Waals surface area (Å²) in [4.78, 5) is 2.99. The van der Waals surface area contributed by atoms with E-state index in [0.29, 0.717) is 5.69 Å². The number of benzene rings is 1. The van der Waals surface area contributed by atoms with Crippen LogP contribution in [0.15, 0.2) is 24.3 Å². The zero-order valence-corrected chi connectivity index (χ0v) is 5.61. The first-order valence-corrected chi connectivity index (χ1v) is 2.86. The van der Waals surface area contributed by atoms with E-state index in [1.807, 2.05) is 0 Å². The van der Waals surface area contributed by atoms with E-state index < -0.39 is 0 Å². The minimum atomic E-state index is 0.529. The molecule has 0 amide bonds. The lowest BCUT2D eigenvalue weighted by molar-refractivity contribution is 0.415. The Labute approximate surface area is 58.9 Å². The van der Waals surface area contributed by atoms with Gasteiger partial charge >= 0.3 is 5.69 Å². The summed E-state index contributed by atoms with van der Waals surface area (Å²) in [5.74, 6) is 0.757. The van der Waals surface area contributed by atoms with E-state index in [-0.39, 0.29) is 0 Å². The highest BCUT2D eigenvalue weighted by Crippen LogP contribution is 2.16. The van der Waals surface area contributed by atoms with Crippen LogP contribution in [-0.4, -0.2) is 7.11 Å². The van der Waals surface area contributed by atoms with Gasteiger partial charge in [0.05, 0.1) is 7.11 Å². The van der Waals surface area contributed by atoms with Crippen molar-refractivity contribution in [3.63, 3.8) is 0 Å². The van der Waals surface area contributed by atoms with Crippen LogP contribution in [0.5, 0.6) is 5.75 Å². The first-order valence-electron chi connectivity index (χ1n) is 2.86. The summed E-state index contributed by atoms with van der Waals surface area (Å²) in [6, 6.07) is 6.79. The number of methoxy groups -OCH3 is 1. The molecule has 0 unspecified atom stereocenters. The molecule has 0 radical (unpaired) electrons. The molecule has 0 aliphatic rings. The summed E-state index contributed by atoms with van der Waals surface area (Å²) in [5, 5.41) is 8.29. The fourth-order valence-corrected chi connectivity index (χ4v) is 0.649. The first-order chi connectivity index (χ1) is 4.86. The Morgan fingerprint density at radius 2 is 1.90 bits per heavy atom. The van der Waals surface area contributed by atoms with E-state index in [1.165, 1.54) is 0 Å². The van der Waals surface area contributed by atoms with Gasteiger partial charge in [0.15, 0.2) is 4.98 Å². The van der Waals surface area contributed by atoms with Gasteiger partial charge in [0, 0.05) is 12.1 Å². The summed E-state index contributed by atoms with van der Waals surface area (Å²) in [6.07, 6.45) is 0. The quantitative estimate of drug-likeness (QED) is 0.553. The van der Waals surface area contributed by atoms with Gasteiger partial charge in [0.1, 0.15) is 5.75 Å². The molecule has 3 heteroatoms. The van der Waals surface area contributed by atoms with Gasteiger partial charge in [-0.1, -0.05) is 0 Å². The van der Waals surface area contributed by atoms with Crippen LogP contribution in [-0.2, 0) is 0 Å².